The number of nitrogens with zero attached hydrogens (tertiary/aromatic N) is 2. The number of piperidine rings is 1. The average Bonchev–Trinajstić information content (AvgIpc) is 3.14. The molecule has 0 unspecified atom stereocenters. The van der Waals surface area contributed by atoms with Gasteiger partial charge in [0, 0.05) is 30.6 Å². The number of amides is 2. The van der Waals surface area contributed by atoms with E-state index >= 15 is 0 Å². The largest absolute Gasteiger partial charge is 0.484 e. The van der Waals surface area contributed by atoms with E-state index in [0.717, 1.165) is 5.56 Å². The van der Waals surface area contributed by atoms with Gasteiger partial charge in [0.2, 0.25) is 5.91 Å². The first-order valence-electron chi connectivity index (χ1n) is 8.29. The van der Waals surface area contributed by atoms with E-state index in [1.54, 1.807) is 11.1 Å². The standard InChI is InChI=1S/C18H21N3O3S/c1-13-2-4-15(5-3-13)24-12-16(22)21-9-6-14(7-10-21)17(23)20-18-19-8-11-25-18/h2-5,8,11,14H,6-7,9-10,12H2,1H3,(H,19,20,23). The zero-order valence-electron chi connectivity index (χ0n) is 14.1. The van der Waals surface area contributed by atoms with Gasteiger partial charge in [-0.1, -0.05) is 17.7 Å². The molecule has 0 saturated carbocycles. The third kappa shape index (κ3) is 4.79. The molecule has 1 aromatic heterocycles. The Hall–Kier alpha value is -2.41. The molecule has 0 radical (unpaired) electrons. The molecule has 0 aliphatic carbocycles. The molecule has 6 nitrogen and oxygen atoms in total. The first-order chi connectivity index (χ1) is 12.1. The molecule has 7 heteroatoms. The van der Waals surface area contributed by atoms with Crippen molar-refractivity contribution in [1.29, 1.82) is 0 Å². The van der Waals surface area contributed by atoms with Gasteiger partial charge >= 0.3 is 0 Å². The summed E-state index contributed by atoms with van der Waals surface area (Å²) in [5.74, 6) is 0.555. The molecule has 3 rings (SSSR count). The number of hydrogen-bond donors (Lipinski definition) is 1. The molecule has 1 aliphatic rings. The lowest BCUT2D eigenvalue weighted by Gasteiger charge is -2.31. The zero-order valence-corrected chi connectivity index (χ0v) is 14.9. The number of aryl methyl sites for hydroxylation is 1. The van der Waals surface area contributed by atoms with Crippen LogP contribution in [0.1, 0.15) is 18.4 Å². The number of aromatic nitrogens is 1. The SMILES string of the molecule is Cc1ccc(OCC(=O)N2CCC(C(=O)Nc3nccs3)CC2)cc1. The van der Waals surface area contributed by atoms with E-state index in [1.165, 1.54) is 11.3 Å². The second-order valence-electron chi connectivity index (χ2n) is 6.08. The van der Waals surface area contributed by atoms with Crippen LogP contribution in [0.4, 0.5) is 5.13 Å². The summed E-state index contributed by atoms with van der Waals surface area (Å²) in [6.45, 7) is 3.18. The molecule has 0 spiro atoms. The van der Waals surface area contributed by atoms with Gasteiger partial charge in [-0.15, -0.1) is 11.3 Å². The third-order valence-electron chi connectivity index (χ3n) is 4.26. The Labute approximate surface area is 150 Å². The van der Waals surface area contributed by atoms with Gasteiger partial charge in [0.1, 0.15) is 5.75 Å². The van der Waals surface area contributed by atoms with Crippen molar-refractivity contribution in [2.75, 3.05) is 25.0 Å². The number of anilines is 1. The number of rotatable bonds is 5. The normalized spacial score (nSPS) is 15.0. The van der Waals surface area contributed by atoms with Gasteiger partial charge in [0.25, 0.3) is 5.91 Å². The van der Waals surface area contributed by atoms with Crippen LogP contribution in [0.25, 0.3) is 0 Å². The molecular formula is C18H21N3O3S. The van der Waals surface area contributed by atoms with Crippen LogP contribution in [0.5, 0.6) is 5.75 Å². The van der Waals surface area contributed by atoms with Crippen molar-refractivity contribution in [3.63, 3.8) is 0 Å². The third-order valence-corrected chi connectivity index (χ3v) is 4.95. The van der Waals surface area contributed by atoms with Gasteiger partial charge < -0.3 is 15.0 Å². The van der Waals surface area contributed by atoms with Gasteiger partial charge in [-0.3, -0.25) is 9.59 Å². The van der Waals surface area contributed by atoms with E-state index in [9.17, 15) is 9.59 Å². The molecule has 0 bridgehead atoms. The molecule has 2 aromatic rings. The fourth-order valence-corrected chi connectivity index (χ4v) is 3.29. The molecule has 0 atom stereocenters. The van der Waals surface area contributed by atoms with Gasteiger partial charge in [0.15, 0.2) is 11.7 Å². The lowest BCUT2D eigenvalue weighted by Crippen LogP contribution is -2.43. The van der Waals surface area contributed by atoms with Crippen LogP contribution in [0.15, 0.2) is 35.8 Å². The van der Waals surface area contributed by atoms with E-state index in [4.69, 9.17) is 4.74 Å². The molecule has 1 fully saturated rings. The first kappa shape index (κ1) is 17.4. The van der Waals surface area contributed by atoms with Crippen molar-refractivity contribution in [2.24, 2.45) is 5.92 Å². The average molecular weight is 359 g/mol. The van der Waals surface area contributed by atoms with E-state index in [0.29, 0.717) is 36.8 Å². The molecule has 132 valence electrons. The second-order valence-corrected chi connectivity index (χ2v) is 6.98. The zero-order chi connectivity index (χ0) is 17.6. The van der Waals surface area contributed by atoms with Crippen LogP contribution in [-0.4, -0.2) is 41.4 Å². The maximum atomic E-state index is 12.3. The Kier molecular flexibility index (Phi) is 5.65. The number of benzene rings is 1. The molecule has 2 heterocycles. The van der Waals surface area contributed by atoms with Crippen molar-refractivity contribution in [2.45, 2.75) is 19.8 Å². The van der Waals surface area contributed by atoms with Crippen LogP contribution in [-0.2, 0) is 9.59 Å². The van der Waals surface area contributed by atoms with Gasteiger partial charge in [-0.05, 0) is 31.9 Å². The topological polar surface area (TPSA) is 71.5 Å². The predicted octanol–water partition coefficient (Wildman–Crippen LogP) is 2.71. The van der Waals surface area contributed by atoms with Crippen molar-refractivity contribution in [3.8, 4) is 5.75 Å². The van der Waals surface area contributed by atoms with Crippen LogP contribution in [0.3, 0.4) is 0 Å². The fraction of sp³-hybridized carbons (Fsp3) is 0.389. The highest BCUT2D eigenvalue weighted by Crippen LogP contribution is 2.21. The van der Waals surface area contributed by atoms with Gasteiger partial charge in [0.05, 0.1) is 0 Å². The summed E-state index contributed by atoms with van der Waals surface area (Å²) in [6.07, 6.45) is 2.98. The summed E-state index contributed by atoms with van der Waals surface area (Å²) in [5, 5.41) is 5.27. The Morgan fingerprint density at radius 2 is 2.00 bits per heavy atom. The Bertz CT molecular complexity index is 708. The van der Waals surface area contributed by atoms with Gasteiger partial charge in [-0.2, -0.15) is 0 Å². The first-order valence-corrected chi connectivity index (χ1v) is 9.17. The number of ether oxygens (including phenoxy) is 1. The number of hydrogen-bond acceptors (Lipinski definition) is 5. The highest BCUT2D eigenvalue weighted by Gasteiger charge is 2.27. The lowest BCUT2D eigenvalue weighted by molar-refractivity contribution is -0.136. The maximum absolute atomic E-state index is 12.3. The Morgan fingerprint density at radius 3 is 2.64 bits per heavy atom. The van der Waals surface area contributed by atoms with Crippen molar-refractivity contribution >= 4 is 28.3 Å². The fourth-order valence-electron chi connectivity index (χ4n) is 2.75. The molecular weight excluding hydrogens is 338 g/mol. The quantitative estimate of drug-likeness (QED) is 0.891. The monoisotopic (exact) mass is 359 g/mol. The van der Waals surface area contributed by atoms with E-state index in [1.807, 2.05) is 36.6 Å². The van der Waals surface area contributed by atoms with Gasteiger partial charge in [-0.25, -0.2) is 4.98 Å². The molecule has 2 amide bonds. The van der Waals surface area contributed by atoms with Crippen molar-refractivity contribution in [3.05, 3.63) is 41.4 Å². The summed E-state index contributed by atoms with van der Waals surface area (Å²) >= 11 is 1.40. The number of likely N-dealkylation sites (tertiary alicyclic amines) is 1. The summed E-state index contributed by atoms with van der Waals surface area (Å²) in [6, 6.07) is 7.62. The number of carbonyl (C=O) groups excluding carboxylic acids is 2. The number of carbonyl (C=O) groups is 2. The highest BCUT2D eigenvalue weighted by molar-refractivity contribution is 7.13. The van der Waals surface area contributed by atoms with E-state index < -0.39 is 0 Å². The number of thiazole rings is 1. The minimum absolute atomic E-state index is 0.0158. The van der Waals surface area contributed by atoms with E-state index in [2.05, 4.69) is 10.3 Å². The summed E-state index contributed by atoms with van der Waals surface area (Å²) < 4.78 is 5.54. The van der Waals surface area contributed by atoms with Crippen LogP contribution < -0.4 is 10.1 Å². The van der Waals surface area contributed by atoms with Crippen molar-refractivity contribution < 1.29 is 14.3 Å². The Balaban J connectivity index is 1.42. The summed E-state index contributed by atoms with van der Waals surface area (Å²) in [5.41, 5.74) is 1.15. The van der Waals surface area contributed by atoms with E-state index in [-0.39, 0.29) is 24.3 Å². The molecule has 1 saturated heterocycles. The molecule has 1 N–H and O–H groups in total. The lowest BCUT2D eigenvalue weighted by atomic mass is 9.96. The van der Waals surface area contributed by atoms with Crippen LogP contribution >= 0.6 is 11.3 Å². The smallest absolute Gasteiger partial charge is 0.260 e. The highest BCUT2D eigenvalue weighted by atomic mass is 32.1. The summed E-state index contributed by atoms with van der Waals surface area (Å²) in [4.78, 5) is 30.3. The van der Waals surface area contributed by atoms with Crippen LogP contribution in [0, 0.1) is 12.8 Å². The molecule has 1 aliphatic heterocycles. The van der Waals surface area contributed by atoms with Crippen molar-refractivity contribution in [1.82, 2.24) is 9.88 Å². The van der Waals surface area contributed by atoms with Crippen LogP contribution in [0.2, 0.25) is 0 Å². The Morgan fingerprint density at radius 1 is 1.28 bits per heavy atom. The maximum Gasteiger partial charge on any atom is 0.260 e. The minimum atomic E-state index is -0.0778. The predicted molar refractivity (Wildman–Crippen MR) is 96.7 cm³/mol. The second kappa shape index (κ2) is 8.11. The summed E-state index contributed by atoms with van der Waals surface area (Å²) in [7, 11) is 0. The molecule has 1 aromatic carbocycles. The minimum Gasteiger partial charge on any atom is -0.484 e. The molecule has 25 heavy (non-hydrogen) atoms. The number of nitrogens with one attached hydrogen (secondary N) is 1.